The quantitative estimate of drug-likeness (QED) is 0.871. The van der Waals surface area contributed by atoms with E-state index in [2.05, 4.69) is 19.1 Å². The molecule has 2 heteroatoms. The smallest absolute Gasteiger partial charge is 0.123 e. The molecule has 0 aromatic heterocycles. The highest BCUT2D eigenvalue weighted by atomic mass is 19.1. The highest BCUT2D eigenvalue weighted by molar-refractivity contribution is 5.28. The summed E-state index contributed by atoms with van der Waals surface area (Å²) in [6.07, 6.45) is 0. The Kier molecular flexibility index (Phi) is 4.11. The molecule has 0 aliphatic carbocycles. The van der Waals surface area contributed by atoms with Crippen LogP contribution in [0.15, 0.2) is 54.6 Å². The summed E-state index contributed by atoms with van der Waals surface area (Å²) in [5, 5.41) is 0. The van der Waals surface area contributed by atoms with Gasteiger partial charge >= 0.3 is 0 Å². The first-order valence-corrected chi connectivity index (χ1v) is 6.23. The monoisotopic (exact) mass is 243 g/mol. The standard InChI is InChI=1S/C16H18FN/c1-12(13-6-3-2-4-7-13)16(11-18)14-8-5-9-15(17)10-14/h2-10,12,16H,11,18H2,1H3. The van der Waals surface area contributed by atoms with Crippen molar-refractivity contribution < 1.29 is 4.39 Å². The van der Waals surface area contributed by atoms with E-state index < -0.39 is 0 Å². The number of hydrogen-bond donors (Lipinski definition) is 1. The van der Waals surface area contributed by atoms with Gasteiger partial charge in [0.15, 0.2) is 0 Å². The SMILES string of the molecule is CC(c1ccccc1)C(CN)c1cccc(F)c1. The minimum Gasteiger partial charge on any atom is -0.330 e. The summed E-state index contributed by atoms with van der Waals surface area (Å²) in [6, 6.07) is 16.9. The summed E-state index contributed by atoms with van der Waals surface area (Å²) in [4.78, 5) is 0. The molecule has 1 nitrogen and oxygen atoms in total. The molecule has 2 unspecified atom stereocenters. The fraction of sp³-hybridized carbons (Fsp3) is 0.250. The van der Waals surface area contributed by atoms with Crippen LogP contribution in [0, 0.1) is 5.82 Å². The van der Waals surface area contributed by atoms with Crippen LogP contribution in [0.2, 0.25) is 0 Å². The van der Waals surface area contributed by atoms with Crippen molar-refractivity contribution >= 4 is 0 Å². The Bertz CT molecular complexity index is 495. The van der Waals surface area contributed by atoms with Gasteiger partial charge in [0.05, 0.1) is 0 Å². The fourth-order valence-corrected chi connectivity index (χ4v) is 2.36. The molecule has 0 aliphatic heterocycles. The minimum atomic E-state index is -0.203. The van der Waals surface area contributed by atoms with Gasteiger partial charge in [-0.25, -0.2) is 4.39 Å². The minimum absolute atomic E-state index is 0.142. The van der Waals surface area contributed by atoms with E-state index in [0.717, 1.165) is 5.56 Å². The first kappa shape index (κ1) is 12.8. The molecule has 2 rings (SSSR count). The van der Waals surface area contributed by atoms with E-state index in [1.165, 1.54) is 11.6 Å². The van der Waals surface area contributed by atoms with Gasteiger partial charge in [-0.05, 0) is 35.7 Å². The topological polar surface area (TPSA) is 26.0 Å². The molecule has 2 aromatic carbocycles. The van der Waals surface area contributed by atoms with Crippen LogP contribution in [0.5, 0.6) is 0 Å². The van der Waals surface area contributed by atoms with Crippen molar-refractivity contribution in [3.05, 3.63) is 71.5 Å². The van der Waals surface area contributed by atoms with Gasteiger partial charge in [0.2, 0.25) is 0 Å². The predicted molar refractivity (Wildman–Crippen MR) is 73.1 cm³/mol. The number of halogens is 1. The normalized spacial score (nSPS) is 14.2. The molecule has 0 saturated carbocycles. The Hall–Kier alpha value is -1.67. The molecule has 0 fully saturated rings. The van der Waals surface area contributed by atoms with E-state index in [1.54, 1.807) is 12.1 Å². The van der Waals surface area contributed by atoms with E-state index in [4.69, 9.17) is 5.73 Å². The summed E-state index contributed by atoms with van der Waals surface area (Å²) >= 11 is 0. The van der Waals surface area contributed by atoms with Gasteiger partial charge in [0.25, 0.3) is 0 Å². The van der Waals surface area contributed by atoms with Gasteiger partial charge in [0.1, 0.15) is 5.82 Å². The second kappa shape index (κ2) is 5.78. The summed E-state index contributed by atoms with van der Waals surface area (Å²) in [5.41, 5.74) is 8.07. The molecule has 0 aliphatic rings. The van der Waals surface area contributed by atoms with Gasteiger partial charge in [-0.15, -0.1) is 0 Å². The maximum atomic E-state index is 13.3. The highest BCUT2D eigenvalue weighted by Gasteiger charge is 2.19. The average molecular weight is 243 g/mol. The van der Waals surface area contributed by atoms with Gasteiger partial charge in [-0.1, -0.05) is 49.4 Å². The zero-order valence-electron chi connectivity index (χ0n) is 10.5. The molecule has 2 atom stereocenters. The molecule has 0 heterocycles. The lowest BCUT2D eigenvalue weighted by atomic mass is 9.83. The van der Waals surface area contributed by atoms with E-state index in [-0.39, 0.29) is 17.7 Å². The average Bonchev–Trinajstić information content (AvgIpc) is 2.40. The van der Waals surface area contributed by atoms with Crippen molar-refractivity contribution in [1.82, 2.24) is 0 Å². The second-order valence-corrected chi connectivity index (χ2v) is 4.60. The van der Waals surface area contributed by atoms with Crippen LogP contribution in [-0.4, -0.2) is 6.54 Å². The van der Waals surface area contributed by atoms with E-state index in [0.29, 0.717) is 6.54 Å². The number of hydrogen-bond acceptors (Lipinski definition) is 1. The molecule has 0 saturated heterocycles. The number of benzene rings is 2. The second-order valence-electron chi connectivity index (χ2n) is 4.60. The molecule has 0 spiro atoms. The summed E-state index contributed by atoms with van der Waals surface area (Å²) < 4.78 is 13.3. The third-order valence-corrected chi connectivity index (χ3v) is 3.46. The molecule has 2 aromatic rings. The van der Waals surface area contributed by atoms with E-state index in [1.807, 2.05) is 24.3 Å². The van der Waals surface area contributed by atoms with Crippen LogP contribution in [-0.2, 0) is 0 Å². The lowest BCUT2D eigenvalue weighted by Crippen LogP contribution is -2.18. The third-order valence-electron chi connectivity index (χ3n) is 3.46. The van der Waals surface area contributed by atoms with Crippen LogP contribution in [0.25, 0.3) is 0 Å². The van der Waals surface area contributed by atoms with Gasteiger partial charge < -0.3 is 5.73 Å². The van der Waals surface area contributed by atoms with Crippen molar-refractivity contribution in [3.8, 4) is 0 Å². The zero-order chi connectivity index (χ0) is 13.0. The van der Waals surface area contributed by atoms with E-state index in [9.17, 15) is 4.39 Å². The first-order valence-electron chi connectivity index (χ1n) is 6.23. The highest BCUT2D eigenvalue weighted by Crippen LogP contribution is 2.31. The molecular formula is C16H18FN. The Balaban J connectivity index is 2.29. The van der Waals surface area contributed by atoms with Crippen molar-refractivity contribution in [2.24, 2.45) is 5.73 Å². The number of rotatable bonds is 4. The predicted octanol–water partition coefficient (Wildman–Crippen LogP) is 3.67. The van der Waals surface area contributed by atoms with Gasteiger partial charge in [0, 0.05) is 5.92 Å². The van der Waals surface area contributed by atoms with Crippen molar-refractivity contribution in [1.29, 1.82) is 0 Å². The lowest BCUT2D eigenvalue weighted by molar-refractivity contribution is 0.573. The molecule has 94 valence electrons. The van der Waals surface area contributed by atoms with Crippen LogP contribution in [0.4, 0.5) is 4.39 Å². The van der Waals surface area contributed by atoms with Gasteiger partial charge in [-0.2, -0.15) is 0 Å². The summed E-state index contributed by atoms with van der Waals surface area (Å²) in [5.74, 6) is 0.215. The van der Waals surface area contributed by atoms with Crippen LogP contribution in [0.3, 0.4) is 0 Å². The summed E-state index contributed by atoms with van der Waals surface area (Å²) in [6.45, 7) is 2.65. The Morgan fingerprint density at radius 2 is 1.67 bits per heavy atom. The lowest BCUT2D eigenvalue weighted by Gasteiger charge is -2.23. The van der Waals surface area contributed by atoms with Crippen molar-refractivity contribution in [2.45, 2.75) is 18.8 Å². The van der Waals surface area contributed by atoms with E-state index >= 15 is 0 Å². The van der Waals surface area contributed by atoms with Crippen molar-refractivity contribution in [2.75, 3.05) is 6.54 Å². The molecule has 0 amide bonds. The zero-order valence-corrected chi connectivity index (χ0v) is 10.5. The fourth-order valence-electron chi connectivity index (χ4n) is 2.36. The maximum absolute atomic E-state index is 13.3. The number of nitrogens with two attached hydrogens (primary N) is 1. The maximum Gasteiger partial charge on any atom is 0.123 e. The molecule has 18 heavy (non-hydrogen) atoms. The Morgan fingerprint density at radius 3 is 2.28 bits per heavy atom. The van der Waals surface area contributed by atoms with Crippen LogP contribution >= 0.6 is 0 Å². The largest absolute Gasteiger partial charge is 0.330 e. The molecule has 0 bridgehead atoms. The Morgan fingerprint density at radius 1 is 1.00 bits per heavy atom. The van der Waals surface area contributed by atoms with Crippen LogP contribution < -0.4 is 5.73 Å². The molecule has 0 radical (unpaired) electrons. The first-order chi connectivity index (χ1) is 8.72. The van der Waals surface area contributed by atoms with Gasteiger partial charge in [-0.3, -0.25) is 0 Å². The van der Waals surface area contributed by atoms with Crippen molar-refractivity contribution in [3.63, 3.8) is 0 Å². The summed E-state index contributed by atoms with van der Waals surface area (Å²) in [7, 11) is 0. The van der Waals surface area contributed by atoms with Crippen LogP contribution in [0.1, 0.15) is 29.9 Å². The molecular weight excluding hydrogens is 225 g/mol. The molecule has 2 N–H and O–H groups in total. The Labute approximate surface area is 107 Å². The third kappa shape index (κ3) is 2.77.